The van der Waals surface area contributed by atoms with Gasteiger partial charge in [0.1, 0.15) is 0 Å². The zero-order chi connectivity index (χ0) is 10.2. The maximum Gasteiger partial charge on any atom is 0.315 e. The van der Waals surface area contributed by atoms with Gasteiger partial charge in [-0.3, -0.25) is 0 Å². The molecule has 1 saturated carbocycles. The highest BCUT2D eigenvalue weighted by Crippen LogP contribution is 2.17. The van der Waals surface area contributed by atoms with Gasteiger partial charge in [-0.1, -0.05) is 19.8 Å². The predicted molar refractivity (Wildman–Crippen MR) is 57.3 cm³/mol. The van der Waals surface area contributed by atoms with Gasteiger partial charge in [0, 0.05) is 19.1 Å². The first-order chi connectivity index (χ1) is 6.83. The van der Waals surface area contributed by atoms with Crippen LogP contribution in [0.2, 0.25) is 0 Å². The minimum Gasteiger partial charge on any atom is -0.337 e. The summed E-state index contributed by atoms with van der Waals surface area (Å²) in [5.74, 6) is 0. The van der Waals surface area contributed by atoms with Gasteiger partial charge < -0.3 is 16.0 Å². The number of amides is 2. The van der Waals surface area contributed by atoms with Crippen LogP contribution in [0.25, 0.3) is 0 Å². The van der Waals surface area contributed by atoms with Crippen molar-refractivity contribution in [1.29, 1.82) is 0 Å². The van der Waals surface area contributed by atoms with Gasteiger partial charge in [-0.25, -0.2) is 4.79 Å². The molecule has 0 aliphatic heterocycles. The van der Waals surface area contributed by atoms with Crippen molar-refractivity contribution in [1.82, 2.24) is 16.0 Å². The summed E-state index contributed by atoms with van der Waals surface area (Å²) in [5.41, 5.74) is 0. The molecule has 0 bridgehead atoms. The Kier molecular flexibility index (Phi) is 5.37. The van der Waals surface area contributed by atoms with Crippen LogP contribution in [-0.2, 0) is 0 Å². The van der Waals surface area contributed by atoms with E-state index in [0.29, 0.717) is 12.6 Å². The van der Waals surface area contributed by atoms with Gasteiger partial charge >= 0.3 is 6.03 Å². The third-order valence-electron chi connectivity index (χ3n) is 2.53. The second-order valence-electron chi connectivity index (χ2n) is 3.74. The van der Waals surface area contributed by atoms with Crippen molar-refractivity contribution < 1.29 is 4.79 Å². The molecule has 0 unspecified atom stereocenters. The highest BCUT2D eigenvalue weighted by Gasteiger charge is 2.16. The minimum absolute atomic E-state index is 0.0187. The first-order valence-corrected chi connectivity index (χ1v) is 5.58. The Bertz CT molecular complexity index is 167. The van der Waals surface area contributed by atoms with E-state index in [0.717, 1.165) is 25.9 Å². The molecule has 3 N–H and O–H groups in total. The van der Waals surface area contributed by atoms with Crippen LogP contribution in [0.15, 0.2) is 0 Å². The summed E-state index contributed by atoms with van der Waals surface area (Å²) in [4.78, 5) is 11.3. The number of carbonyl (C=O) groups excluding carboxylic acids is 1. The molecule has 0 atom stereocenters. The van der Waals surface area contributed by atoms with E-state index in [1.807, 2.05) is 0 Å². The van der Waals surface area contributed by atoms with Crippen LogP contribution in [0.5, 0.6) is 0 Å². The van der Waals surface area contributed by atoms with Crippen molar-refractivity contribution in [2.75, 3.05) is 19.6 Å². The molecule has 0 spiro atoms. The molecular formula is C10H21N3O. The highest BCUT2D eigenvalue weighted by molar-refractivity contribution is 5.74. The molecule has 1 rings (SSSR count). The Morgan fingerprint density at radius 1 is 1.29 bits per heavy atom. The molecular weight excluding hydrogens is 178 g/mol. The highest BCUT2D eigenvalue weighted by atomic mass is 16.2. The second kappa shape index (κ2) is 6.65. The zero-order valence-corrected chi connectivity index (χ0v) is 8.94. The molecule has 1 aliphatic carbocycles. The molecule has 82 valence electrons. The molecule has 1 aliphatic rings. The second-order valence-corrected chi connectivity index (χ2v) is 3.74. The number of carbonyl (C=O) groups is 1. The van der Waals surface area contributed by atoms with E-state index in [1.54, 1.807) is 0 Å². The van der Waals surface area contributed by atoms with Crippen LogP contribution in [0.1, 0.15) is 32.6 Å². The maximum absolute atomic E-state index is 11.3. The maximum atomic E-state index is 11.3. The summed E-state index contributed by atoms with van der Waals surface area (Å²) >= 11 is 0. The van der Waals surface area contributed by atoms with Crippen LogP contribution in [-0.4, -0.2) is 31.7 Å². The molecule has 0 radical (unpaired) electrons. The van der Waals surface area contributed by atoms with E-state index in [1.165, 1.54) is 12.8 Å². The van der Waals surface area contributed by atoms with Gasteiger partial charge in [0.2, 0.25) is 0 Å². The zero-order valence-electron chi connectivity index (χ0n) is 8.94. The standard InChI is InChI=1S/C10H21N3O/c1-2-11-7-8-12-10(14)13-9-5-3-4-6-9/h9,11H,2-8H2,1H3,(H2,12,13,14). The molecule has 4 heteroatoms. The van der Waals surface area contributed by atoms with E-state index in [9.17, 15) is 4.79 Å². The van der Waals surface area contributed by atoms with Gasteiger partial charge in [0.15, 0.2) is 0 Å². The largest absolute Gasteiger partial charge is 0.337 e. The first-order valence-electron chi connectivity index (χ1n) is 5.58. The summed E-state index contributed by atoms with van der Waals surface area (Å²) < 4.78 is 0. The van der Waals surface area contributed by atoms with Crippen LogP contribution >= 0.6 is 0 Å². The number of hydrogen-bond donors (Lipinski definition) is 3. The first kappa shape index (κ1) is 11.3. The van der Waals surface area contributed by atoms with Crippen molar-refractivity contribution in [2.24, 2.45) is 0 Å². The Labute approximate surface area is 85.8 Å². The normalized spacial score (nSPS) is 16.9. The lowest BCUT2D eigenvalue weighted by atomic mass is 10.2. The number of nitrogens with one attached hydrogen (secondary N) is 3. The number of urea groups is 1. The molecule has 0 heterocycles. The van der Waals surface area contributed by atoms with Crippen molar-refractivity contribution in [3.05, 3.63) is 0 Å². The Balaban J connectivity index is 1.98. The molecule has 0 aromatic rings. The molecule has 1 fully saturated rings. The topological polar surface area (TPSA) is 53.2 Å². The lowest BCUT2D eigenvalue weighted by Crippen LogP contribution is -2.43. The van der Waals surface area contributed by atoms with E-state index in [2.05, 4.69) is 22.9 Å². The van der Waals surface area contributed by atoms with E-state index in [-0.39, 0.29) is 6.03 Å². The third kappa shape index (κ3) is 4.46. The molecule has 0 aromatic heterocycles. The molecule has 2 amide bonds. The van der Waals surface area contributed by atoms with Crippen LogP contribution in [0, 0.1) is 0 Å². The number of likely N-dealkylation sites (N-methyl/N-ethyl adjacent to an activating group) is 1. The third-order valence-corrected chi connectivity index (χ3v) is 2.53. The SMILES string of the molecule is CCNCCNC(=O)NC1CCCC1. The molecule has 0 aromatic carbocycles. The lowest BCUT2D eigenvalue weighted by Gasteiger charge is -2.12. The Hall–Kier alpha value is -0.770. The van der Waals surface area contributed by atoms with E-state index in [4.69, 9.17) is 0 Å². The smallest absolute Gasteiger partial charge is 0.315 e. The molecule has 4 nitrogen and oxygen atoms in total. The lowest BCUT2D eigenvalue weighted by molar-refractivity contribution is 0.237. The van der Waals surface area contributed by atoms with Crippen LogP contribution in [0.3, 0.4) is 0 Å². The van der Waals surface area contributed by atoms with Crippen molar-refractivity contribution in [2.45, 2.75) is 38.6 Å². The number of hydrogen-bond acceptors (Lipinski definition) is 2. The van der Waals surface area contributed by atoms with Gasteiger partial charge in [-0.15, -0.1) is 0 Å². The summed E-state index contributed by atoms with van der Waals surface area (Å²) in [5, 5.41) is 8.96. The van der Waals surface area contributed by atoms with E-state index >= 15 is 0 Å². The summed E-state index contributed by atoms with van der Waals surface area (Å²) in [6, 6.07) is 0.393. The van der Waals surface area contributed by atoms with Crippen molar-refractivity contribution >= 4 is 6.03 Å². The van der Waals surface area contributed by atoms with E-state index < -0.39 is 0 Å². The molecule has 0 saturated heterocycles. The van der Waals surface area contributed by atoms with Gasteiger partial charge in [-0.2, -0.15) is 0 Å². The van der Waals surface area contributed by atoms with Crippen molar-refractivity contribution in [3.8, 4) is 0 Å². The monoisotopic (exact) mass is 199 g/mol. The quantitative estimate of drug-likeness (QED) is 0.575. The average Bonchev–Trinajstić information content (AvgIpc) is 2.65. The summed E-state index contributed by atoms with van der Waals surface area (Å²) in [6.07, 6.45) is 4.78. The Morgan fingerprint density at radius 3 is 2.64 bits per heavy atom. The summed E-state index contributed by atoms with van der Waals surface area (Å²) in [7, 11) is 0. The van der Waals surface area contributed by atoms with Gasteiger partial charge in [0.25, 0.3) is 0 Å². The van der Waals surface area contributed by atoms with Gasteiger partial charge in [0.05, 0.1) is 0 Å². The fraction of sp³-hybridized carbons (Fsp3) is 0.900. The summed E-state index contributed by atoms with van der Waals surface area (Å²) in [6.45, 7) is 4.55. The van der Waals surface area contributed by atoms with Crippen molar-refractivity contribution in [3.63, 3.8) is 0 Å². The fourth-order valence-corrected chi connectivity index (χ4v) is 1.75. The number of rotatable bonds is 5. The minimum atomic E-state index is -0.0187. The Morgan fingerprint density at radius 2 is 2.00 bits per heavy atom. The van der Waals surface area contributed by atoms with Crippen LogP contribution < -0.4 is 16.0 Å². The van der Waals surface area contributed by atoms with Gasteiger partial charge in [-0.05, 0) is 19.4 Å². The average molecular weight is 199 g/mol. The molecule has 14 heavy (non-hydrogen) atoms. The van der Waals surface area contributed by atoms with Crippen LogP contribution in [0.4, 0.5) is 4.79 Å². The predicted octanol–water partition coefficient (Wildman–Crippen LogP) is 0.838. The fourth-order valence-electron chi connectivity index (χ4n) is 1.75.